The molecule has 8 heteroatoms. The molecule has 0 saturated carbocycles. The van der Waals surface area contributed by atoms with Gasteiger partial charge in [-0.3, -0.25) is 9.69 Å². The van der Waals surface area contributed by atoms with Crippen molar-refractivity contribution in [1.29, 1.82) is 0 Å². The lowest BCUT2D eigenvalue weighted by Crippen LogP contribution is -2.45. The van der Waals surface area contributed by atoms with Gasteiger partial charge in [-0.05, 0) is 75.3 Å². The molecular weight excluding hydrogens is 456 g/mol. The Bertz CT molecular complexity index is 1110. The number of carbonyl (C=O) groups excluding carboxylic acids is 1. The molecule has 2 fully saturated rings. The third kappa shape index (κ3) is 5.17. The molecule has 0 aliphatic carbocycles. The topological polar surface area (TPSA) is 57.7 Å². The third-order valence-electron chi connectivity index (χ3n) is 6.68. The first-order valence-electron chi connectivity index (χ1n) is 11.6. The molecule has 0 bridgehead atoms. The number of benzene rings is 2. The van der Waals surface area contributed by atoms with Crippen LogP contribution in [0.15, 0.2) is 42.5 Å². The molecule has 1 aromatic heterocycles. The van der Waals surface area contributed by atoms with Gasteiger partial charge < -0.3 is 15.0 Å². The summed E-state index contributed by atoms with van der Waals surface area (Å²) in [5, 5.41) is 5.00. The van der Waals surface area contributed by atoms with Gasteiger partial charge in [0.05, 0.1) is 34.5 Å². The average Bonchev–Trinajstić information content (AvgIpc) is 3.28. The maximum absolute atomic E-state index is 12.9. The highest BCUT2D eigenvalue weighted by atomic mass is 35.5. The zero-order chi connectivity index (χ0) is 22.8. The van der Waals surface area contributed by atoms with Gasteiger partial charge in [0.25, 0.3) is 0 Å². The number of piperidine rings is 1. The number of halogens is 1. The zero-order valence-electron chi connectivity index (χ0n) is 18.8. The number of nitrogens with zero attached hydrogens (tertiary/aromatic N) is 3. The molecule has 2 aromatic carbocycles. The second-order valence-corrected chi connectivity index (χ2v) is 10.3. The molecule has 174 valence electrons. The average molecular weight is 485 g/mol. The predicted octanol–water partition coefficient (Wildman–Crippen LogP) is 4.99. The van der Waals surface area contributed by atoms with Crippen LogP contribution in [0.1, 0.15) is 30.7 Å². The first-order chi connectivity index (χ1) is 16.1. The fourth-order valence-electron chi connectivity index (χ4n) is 4.62. The molecule has 0 spiro atoms. The number of fused-ring (bicyclic) bond motifs is 1. The standard InChI is InChI=1S/C25H29ClN4O2S/c1-17(24(31)27-20-3-5-21(6-4-20)30-12-14-32-15-13-30)29-10-8-18(9-11-29)25-28-22-16-19(26)2-7-23(22)33-25/h2-7,16-18H,8-15H2,1H3,(H,27,31)/t17-/m0/s1. The molecule has 1 N–H and O–H groups in total. The van der Waals surface area contributed by atoms with Crippen LogP contribution >= 0.6 is 22.9 Å². The molecule has 33 heavy (non-hydrogen) atoms. The number of aromatic nitrogens is 1. The van der Waals surface area contributed by atoms with Gasteiger partial charge in [0.1, 0.15) is 0 Å². The normalized spacial score (nSPS) is 19.0. The lowest BCUT2D eigenvalue weighted by Gasteiger charge is -2.34. The van der Waals surface area contributed by atoms with Gasteiger partial charge in [-0.25, -0.2) is 4.98 Å². The summed E-state index contributed by atoms with van der Waals surface area (Å²) in [7, 11) is 0. The van der Waals surface area contributed by atoms with Crippen molar-refractivity contribution in [2.45, 2.75) is 31.7 Å². The van der Waals surface area contributed by atoms with Crippen LogP contribution in [0.5, 0.6) is 0 Å². The number of anilines is 2. The Morgan fingerprint density at radius 1 is 1.12 bits per heavy atom. The van der Waals surface area contributed by atoms with E-state index >= 15 is 0 Å². The summed E-state index contributed by atoms with van der Waals surface area (Å²) in [6.07, 6.45) is 2.03. The molecule has 3 heterocycles. The van der Waals surface area contributed by atoms with Gasteiger partial charge in [-0.1, -0.05) is 11.6 Å². The molecule has 1 atom stereocenters. The fourth-order valence-corrected chi connectivity index (χ4v) is 5.90. The maximum Gasteiger partial charge on any atom is 0.241 e. The van der Waals surface area contributed by atoms with E-state index in [4.69, 9.17) is 21.3 Å². The van der Waals surface area contributed by atoms with Crippen LogP contribution in [-0.4, -0.2) is 61.2 Å². The Labute approximate surface area is 203 Å². The minimum atomic E-state index is -0.168. The summed E-state index contributed by atoms with van der Waals surface area (Å²) in [5.74, 6) is 0.489. The lowest BCUT2D eigenvalue weighted by molar-refractivity contribution is -0.121. The number of nitrogens with one attached hydrogen (secondary N) is 1. The number of thiazole rings is 1. The summed E-state index contributed by atoms with van der Waals surface area (Å²) in [4.78, 5) is 22.3. The number of hydrogen-bond donors (Lipinski definition) is 1. The first kappa shape index (κ1) is 22.6. The summed E-state index contributed by atoms with van der Waals surface area (Å²) in [6.45, 7) is 7.13. The van der Waals surface area contributed by atoms with Crippen molar-refractivity contribution in [3.8, 4) is 0 Å². The fraction of sp³-hybridized carbons (Fsp3) is 0.440. The molecule has 0 radical (unpaired) electrons. The molecule has 2 aliphatic heterocycles. The van der Waals surface area contributed by atoms with Crippen molar-refractivity contribution in [3.63, 3.8) is 0 Å². The van der Waals surface area contributed by atoms with E-state index < -0.39 is 0 Å². The molecule has 6 nitrogen and oxygen atoms in total. The Hall–Kier alpha value is -2.19. The van der Waals surface area contributed by atoms with Gasteiger partial charge in [0.15, 0.2) is 0 Å². The van der Waals surface area contributed by atoms with Crippen LogP contribution in [0.4, 0.5) is 11.4 Å². The molecule has 1 amide bonds. The highest BCUT2D eigenvalue weighted by Gasteiger charge is 2.29. The number of ether oxygens (including phenoxy) is 1. The van der Waals surface area contributed by atoms with Gasteiger partial charge in [0, 0.05) is 35.4 Å². The minimum Gasteiger partial charge on any atom is -0.378 e. The Morgan fingerprint density at radius 3 is 2.58 bits per heavy atom. The van der Waals surface area contributed by atoms with Crippen LogP contribution in [0.2, 0.25) is 5.02 Å². The van der Waals surface area contributed by atoms with Gasteiger partial charge in [-0.2, -0.15) is 0 Å². The van der Waals surface area contributed by atoms with Crippen LogP contribution in [0.3, 0.4) is 0 Å². The van der Waals surface area contributed by atoms with Crippen molar-refractivity contribution in [3.05, 3.63) is 52.5 Å². The monoisotopic (exact) mass is 484 g/mol. The maximum atomic E-state index is 12.9. The highest BCUT2D eigenvalue weighted by molar-refractivity contribution is 7.18. The molecule has 2 saturated heterocycles. The third-order valence-corrected chi connectivity index (χ3v) is 8.12. The van der Waals surface area contributed by atoms with E-state index in [0.717, 1.165) is 68.5 Å². The van der Waals surface area contributed by atoms with Crippen molar-refractivity contribution in [2.24, 2.45) is 0 Å². The number of rotatable bonds is 5. The zero-order valence-corrected chi connectivity index (χ0v) is 20.4. The minimum absolute atomic E-state index is 0.0437. The quantitative estimate of drug-likeness (QED) is 0.552. The SMILES string of the molecule is C[C@@H](C(=O)Nc1ccc(N2CCOCC2)cc1)N1CCC(c2nc3cc(Cl)ccc3s2)CC1. The van der Waals surface area contributed by atoms with Crippen molar-refractivity contribution in [2.75, 3.05) is 49.6 Å². The van der Waals surface area contributed by atoms with E-state index in [0.29, 0.717) is 5.92 Å². The predicted molar refractivity (Wildman–Crippen MR) is 136 cm³/mol. The summed E-state index contributed by atoms with van der Waals surface area (Å²) in [5.41, 5.74) is 2.99. The summed E-state index contributed by atoms with van der Waals surface area (Å²) < 4.78 is 6.60. The molecule has 2 aliphatic rings. The lowest BCUT2D eigenvalue weighted by atomic mass is 9.96. The second kappa shape index (κ2) is 9.97. The van der Waals surface area contributed by atoms with E-state index in [1.165, 1.54) is 15.4 Å². The Kier molecular flexibility index (Phi) is 6.83. The molecule has 0 unspecified atom stereocenters. The van der Waals surface area contributed by atoms with Gasteiger partial charge >= 0.3 is 0 Å². The molecule has 5 rings (SSSR count). The van der Waals surface area contributed by atoms with Crippen molar-refractivity contribution >= 4 is 50.4 Å². The van der Waals surface area contributed by atoms with E-state index in [9.17, 15) is 4.79 Å². The van der Waals surface area contributed by atoms with Crippen LogP contribution < -0.4 is 10.2 Å². The van der Waals surface area contributed by atoms with E-state index in [1.54, 1.807) is 11.3 Å². The van der Waals surface area contributed by atoms with E-state index in [2.05, 4.69) is 27.2 Å². The smallest absolute Gasteiger partial charge is 0.241 e. The summed E-state index contributed by atoms with van der Waals surface area (Å²) >= 11 is 7.88. The molecule has 3 aromatic rings. The second-order valence-electron chi connectivity index (χ2n) is 8.79. The largest absolute Gasteiger partial charge is 0.378 e. The number of carbonyl (C=O) groups is 1. The Morgan fingerprint density at radius 2 is 1.85 bits per heavy atom. The van der Waals surface area contributed by atoms with Crippen LogP contribution in [0, 0.1) is 0 Å². The Balaban J connectivity index is 1.14. The number of morpholine rings is 1. The van der Waals surface area contributed by atoms with Crippen molar-refractivity contribution < 1.29 is 9.53 Å². The number of likely N-dealkylation sites (tertiary alicyclic amines) is 1. The van der Waals surface area contributed by atoms with Crippen LogP contribution in [-0.2, 0) is 9.53 Å². The number of hydrogen-bond acceptors (Lipinski definition) is 6. The highest BCUT2D eigenvalue weighted by Crippen LogP contribution is 2.35. The van der Waals surface area contributed by atoms with Gasteiger partial charge in [0.2, 0.25) is 5.91 Å². The van der Waals surface area contributed by atoms with E-state index in [-0.39, 0.29) is 11.9 Å². The van der Waals surface area contributed by atoms with E-state index in [1.807, 2.05) is 37.3 Å². The molecular formula is C25H29ClN4O2S. The summed E-state index contributed by atoms with van der Waals surface area (Å²) in [6, 6.07) is 13.9. The van der Waals surface area contributed by atoms with Crippen LogP contribution in [0.25, 0.3) is 10.2 Å². The van der Waals surface area contributed by atoms with Gasteiger partial charge in [-0.15, -0.1) is 11.3 Å². The van der Waals surface area contributed by atoms with Crippen molar-refractivity contribution in [1.82, 2.24) is 9.88 Å². The first-order valence-corrected chi connectivity index (χ1v) is 12.8. The number of amides is 1.